The number of amides is 1. The molecule has 31 heavy (non-hydrogen) atoms. The van der Waals surface area contributed by atoms with Crippen molar-refractivity contribution in [3.8, 4) is 16.9 Å². The number of aryl methyl sites for hydroxylation is 1. The zero-order valence-electron chi connectivity index (χ0n) is 19.3. The quantitative estimate of drug-likeness (QED) is 0.259. The molecule has 0 aliphatic heterocycles. The van der Waals surface area contributed by atoms with E-state index in [2.05, 4.69) is 64.9 Å². The summed E-state index contributed by atoms with van der Waals surface area (Å²) in [6.07, 6.45) is 3.97. The van der Waals surface area contributed by atoms with Gasteiger partial charge in [0.2, 0.25) is 5.54 Å². The van der Waals surface area contributed by atoms with Crippen molar-refractivity contribution in [1.82, 2.24) is 5.32 Å². The van der Waals surface area contributed by atoms with Gasteiger partial charge in [0.05, 0.1) is 21.3 Å². The number of ether oxygens (including phenoxy) is 3. The van der Waals surface area contributed by atoms with Gasteiger partial charge in [0, 0.05) is 21.2 Å². The lowest BCUT2D eigenvalue weighted by molar-refractivity contribution is -0.145. The predicted molar refractivity (Wildman–Crippen MR) is 136 cm³/mol. The molecule has 8 heteroatoms. The second-order valence-electron chi connectivity index (χ2n) is 6.34. The molecule has 1 unspecified atom stereocenters. The third-order valence-corrected chi connectivity index (χ3v) is 5.34. The molecule has 1 amide bonds. The second-order valence-corrected chi connectivity index (χ2v) is 8.02. The van der Waals surface area contributed by atoms with E-state index in [1.54, 1.807) is 14.0 Å². The van der Waals surface area contributed by atoms with Gasteiger partial charge in [-0.25, -0.2) is 9.59 Å². The smallest absolute Gasteiger partial charge is 0.408 e. The zero-order chi connectivity index (χ0) is 23.9. The number of methoxy groups -OCH3 is 3. The lowest BCUT2D eigenvalue weighted by atomic mass is 9.98. The fourth-order valence-electron chi connectivity index (χ4n) is 2.73. The van der Waals surface area contributed by atoms with Gasteiger partial charge in [0.15, 0.2) is 0 Å². The van der Waals surface area contributed by atoms with E-state index in [-0.39, 0.29) is 0 Å². The number of nitrogens with one attached hydrogen (secondary N) is 1. The zero-order valence-corrected chi connectivity index (χ0v) is 22.2. The number of hydrogen-bond acceptors (Lipinski definition) is 6. The summed E-state index contributed by atoms with van der Waals surface area (Å²) in [4.78, 5) is 22.8. The standard InChI is InChI=1S/C14H20O.C9H12INO4S/c1-5-7-11(3)14-10-13(15-4)9-8-12(14)6-2;1-4-9(5-6-16-10,7(12)14-2)11-8(13)15-3/h7-10H,5-6H2,1-4H3;4H2,1-3H3,(H,11,13)/b11-7+;. The number of rotatable bonds is 7. The summed E-state index contributed by atoms with van der Waals surface area (Å²) in [6, 6.07) is 6.31. The third kappa shape index (κ3) is 9.44. The number of hydrogen-bond donors (Lipinski definition) is 1. The highest BCUT2D eigenvalue weighted by Crippen LogP contribution is 2.25. The van der Waals surface area contributed by atoms with Crippen LogP contribution in [0.2, 0.25) is 0 Å². The summed E-state index contributed by atoms with van der Waals surface area (Å²) in [7, 11) is 5.38. The van der Waals surface area contributed by atoms with E-state index in [0.717, 1.165) is 18.6 Å². The Balaban J connectivity index is 0.000000581. The first-order valence-electron chi connectivity index (χ1n) is 9.87. The minimum Gasteiger partial charge on any atom is -0.497 e. The number of carbonyl (C=O) groups is 2. The van der Waals surface area contributed by atoms with Gasteiger partial charge < -0.3 is 14.2 Å². The van der Waals surface area contributed by atoms with Crippen LogP contribution in [0.25, 0.3) is 5.57 Å². The van der Waals surface area contributed by atoms with Crippen molar-refractivity contribution in [3.05, 3.63) is 35.4 Å². The van der Waals surface area contributed by atoms with E-state index in [9.17, 15) is 9.59 Å². The van der Waals surface area contributed by atoms with Crippen LogP contribution in [0.3, 0.4) is 0 Å². The largest absolute Gasteiger partial charge is 0.497 e. The summed E-state index contributed by atoms with van der Waals surface area (Å²) in [5.74, 6) is 2.99. The van der Waals surface area contributed by atoms with Crippen molar-refractivity contribution in [1.29, 1.82) is 0 Å². The van der Waals surface area contributed by atoms with Gasteiger partial charge in [-0.2, -0.15) is 0 Å². The topological polar surface area (TPSA) is 73.9 Å². The van der Waals surface area contributed by atoms with E-state index in [4.69, 9.17) is 4.74 Å². The minimum atomic E-state index is -1.35. The van der Waals surface area contributed by atoms with E-state index in [0.29, 0.717) is 6.42 Å². The van der Waals surface area contributed by atoms with Crippen LogP contribution in [0.1, 0.15) is 51.7 Å². The Kier molecular flexibility index (Phi) is 14.9. The Morgan fingerprint density at radius 1 is 1.19 bits per heavy atom. The Hall–Kier alpha value is -1.86. The number of halogens is 1. The number of allylic oxidation sites excluding steroid dienone is 2. The van der Waals surface area contributed by atoms with Crippen molar-refractivity contribution >= 4 is 47.8 Å². The maximum Gasteiger partial charge on any atom is 0.408 e. The first kappa shape index (κ1) is 29.1. The van der Waals surface area contributed by atoms with Crippen LogP contribution in [0.5, 0.6) is 5.75 Å². The van der Waals surface area contributed by atoms with Crippen LogP contribution < -0.4 is 10.1 Å². The van der Waals surface area contributed by atoms with Gasteiger partial charge in [-0.15, -0.1) is 0 Å². The van der Waals surface area contributed by atoms with Crippen molar-refractivity contribution < 1.29 is 23.8 Å². The Morgan fingerprint density at radius 2 is 1.87 bits per heavy atom. The van der Waals surface area contributed by atoms with Gasteiger partial charge in [-0.1, -0.05) is 32.9 Å². The predicted octanol–water partition coefficient (Wildman–Crippen LogP) is 5.78. The molecule has 172 valence electrons. The molecule has 1 aromatic rings. The van der Waals surface area contributed by atoms with Crippen molar-refractivity contribution in [2.75, 3.05) is 21.3 Å². The molecule has 0 aliphatic rings. The molecule has 1 N–H and O–H groups in total. The lowest BCUT2D eigenvalue weighted by Crippen LogP contribution is -2.53. The van der Waals surface area contributed by atoms with E-state index < -0.39 is 17.6 Å². The number of alkyl carbamates (subject to hydrolysis) is 1. The highest BCUT2D eigenvalue weighted by molar-refractivity contribution is 14.2. The highest BCUT2D eigenvalue weighted by Gasteiger charge is 2.38. The molecular formula is C23H32INO5S. The summed E-state index contributed by atoms with van der Waals surface area (Å²) in [6.45, 7) is 8.23. The lowest BCUT2D eigenvalue weighted by Gasteiger charge is -2.24. The van der Waals surface area contributed by atoms with Crippen LogP contribution in [-0.4, -0.2) is 38.9 Å². The van der Waals surface area contributed by atoms with Crippen LogP contribution in [0.15, 0.2) is 24.3 Å². The van der Waals surface area contributed by atoms with Crippen molar-refractivity contribution in [2.24, 2.45) is 0 Å². The molecule has 0 aliphatic carbocycles. The molecule has 6 nitrogen and oxygen atoms in total. The molecule has 1 aromatic carbocycles. The molecule has 1 atom stereocenters. The number of carbonyl (C=O) groups excluding carboxylic acids is 2. The summed E-state index contributed by atoms with van der Waals surface area (Å²) in [5.41, 5.74) is 2.70. The van der Waals surface area contributed by atoms with Crippen molar-refractivity contribution in [3.63, 3.8) is 0 Å². The Bertz CT molecular complexity index is 816. The monoisotopic (exact) mass is 561 g/mol. The van der Waals surface area contributed by atoms with Crippen LogP contribution >= 0.6 is 30.1 Å². The van der Waals surface area contributed by atoms with Gasteiger partial charge in [-0.3, -0.25) is 5.32 Å². The maximum absolute atomic E-state index is 11.6. The van der Waals surface area contributed by atoms with Crippen LogP contribution in [-0.2, 0) is 20.7 Å². The van der Waals surface area contributed by atoms with E-state index >= 15 is 0 Å². The van der Waals surface area contributed by atoms with Gasteiger partial charge in [0.1, 0.15) is 5.75 Å². The number of benzene rings is 1. The molecule has 0 aromatic heterocycles. The normalized spacial score (nSPS) is 12.2. The fourth-order valence-corrected chi connectivity index (χ4v) is 3.28. The van der Waals surface area contributed by atoms with E-state index in [1.807, 2.05) is 27.3 Å². The van der Waals surface area contributed by atoms with Gasteiger partial charge >= 0.3 is 12.1 Å². The van der Waals surface area contributed by atoms with Crippen LogP contribution in [0, 0.1) is 11.2 Å². The molecule has 0 saturated carbocycles. The minimum absolute atomic E-state index is 0.291. The highest BCUT2D eigenvalue weighted by atomic mass is 127. The molecule has 1 rings (SSSR count). The second kappa shape index (κ2) is 15.9. The average molecular weight is 561 g/mol. The summed E-state index contributed by atoms with van der Waals surface area (Å²) < 4.78 is 14.3. The molecule has 0 spiro atoms. The number of esters is 1. The van der Waals surface area contributed by atoms with Crippen molar-refractivity contribution in [2.45, 2.75) is 52.5 Å². The Labute approximate surface area is 202 Å². The van der Waals surface area contributed by atoms with Crippen LogP contribution in [0.4, 0.5) is 4.79 Å². The maximum atomic E-state index is 11.6. The molecule has 0 heterocycles. The van der Waals surface area contributed by atoms with Gasteiger partial charge in [0.25, 0.3) is 0 Å². The summed E-state index contributed by atoms with van der Waals surface area (Å²) in [5, 5.41) is 5.06. The molecule has 0 bridgehead atoms. The molecule has 0 radical (unpaired) electrons. The molecular weight excluding hydrogens is 529 g/mol. The SMILES string of the molecule is CC/C=C(\C)c1cc(OC)ccc1CC.CCC(C#CSI)(NC(=O)OC)C(=O)OC. The molecule has 0 fully saturated rings. The summed E-state index contributed by atoms with van der Waals surface area (Å²) >= 11 is 1.97. The fraction of sp³-hybridized carbons (Fsp3) is 0.478. The third-order valence-electron chi connectivity index (χ3n) is 4.50. The molecule has 0 saturated heterocycles. The Morgan fingerprint density at radius 3 is 2.32 bits per heavy atom. The van der Waals surface area contributed by atoms with E-state index in [1.165, 1.54) is 39.9 Å². The van der Waals surface area contributed by atoms with Gasteiger partial charge in [-0.05, 0) is 75.1 Å². The first-order chi connectivity index (χ1) is 14.8. The average Bonchev–Trinajstić information content (AvgIpc) is 2.81. The first-order valence-corrected chi connectivity index (χ1v) is 13.2.